The number of ether oxygens (including phenoxy) is 4. The van der Waals surface area contributed by atoms with Gasteiger partial charge in [0.25, 0.3) is 0 Å². The minimum atomic E-state index is -2.86. The molecule has 77 heavy (non-hydrogen) atoms. The van der Waals surface area contributed by atoms with E-state index in [-0.39, 0.29) is 0 Å². The van der Waals surface area contributed by atoms with E-state index in [1.807, 2.05) is 0 Å². The average Bonchev–Trinajstić information content (AvgIpc) is 3.55. The monoisotopic (exact) mass is 1070 g/mol. The predicted octanol–water partition coefficient (Wildman–Crippen LogP) is 2.11. The normalized spacial score (nSPS) is 19.4. The maximum Gasteiger partial charge on any atom is 0.345 e. The number of carbonyl (C=O) groups excluding carboxylic acids is 4. The second kappa shape index (κ2) is 16.4. The number of benzene rings is 6. The van der Waals surface area contributed by atoms with E-state index in [2.05, 4.69) is 0 Å². The molecule has 6 aromatic carbocycles. The van der Waals surface area contributed by atoms with Crippen LogP contribution in [0.15, 0.2) is 48.8 Å². The molecular weight excluding hydrogens is 1040 g/mol. The summed E-state index contributed by atoms with van der Waals surface area (Å²) in [5.74, 6) is -27.4. The Labute approximate surface area is 420 Å². The van der Waals surface area contributed by atoms with Crippen molar-refractivity contribution in [3.05, 3.63) is 79.0 Å². The van der Waals surface area contributed by atoms with Gasteiger partial charge in [-0.05, 0) is 30.3 Å². The zero-order chi connectivity index (χ0) is 55.4. The highest BCUT2D eigenvalue weighted by molar-refractivity contribution is 6.27. The van der Waals surface area contributed by atoms with Gasteiger partial charge >= 0.3 is 35.1 Å². The fourth-order valence-corrected chi connectivity index (χ4v) is 9.96. The van der Waals surface area contributed by atoms with Gasteiger partial charge in [-0.25, -0.2) is 28.8 Å². The van der Waals surface area contributed by atoms with Crippen molar-refractivity contribution in [3.8, 4) is 114 Å². The first-order valence-corrected chi connectivity index (χ1v) is 21.9. The van der Waals surface area contributed by atoms with E-state index in [1.165, 1.54) is 0 Å². The summed E-state index contributed by atoms with van der Waals surface area (Å²) in [5.41, 5.74) is -15.6. The van der Waals surface area contributed by atoms with Gasteiger partial charge < -0.3 is 109 Å². The Bertz CT molecular complexity index is 4190. The van der Waals surface area contributed by atoms with Gasteiger partial charge in [-0.1, -0.05) is 0 Å². The van der Waals surface area contributed by atoms with E-state index in [1.54, 1.807) is 0 Å². The summed E-state index contributed by atoms with van der Waals surface area (Å²) in [6, 6.07) is 3.34. The van der Waals surface area contributed by atoms with E-state index < -0.39 is 253 Å². The van der Waals surface area contributed by atoms with Crippen LogP contribution in [0.1, 0.15) is 47.0 Å². The van der Waals surface area contributed by atoms with Crippen LogP contribution in [0.4, 0.5) is 0 Å². The SMILES string of the molecule is O=C1OCC(O)C([C@@H]2OC(=O)c3cc(O)c(O)c(O)c3-c3c(O)c(O)c(O)c4c3C(=O)OC2C(O)C4)OC(=O)c2cc(O)c(O)c(O)c2-c2c(O)c(O)c3oc(=O)c4c(ccc5oc(=O)c2c3c54)-c2cc1c(O)c(O)c2O. The summed E-state index contributed by atoms with van der Waals surface area (Å²) in [6.07, 6.45) is -14.4. The van der Waals surface area contributed by atoms with Crippen LogP contribution in [0.5, 0.6) is 80.5 Å². The third kappa shape index (κ3) is 6.58. The lowest BCUT2D eigenvalue weighted by atomic mass is 9.87. The van der Waals surface area contributed by atoms with E-state index >= 15 is 4.79 Å². The largest absolute Gasteiger partial charge is 0.504 e. The first kappa shape index (κ1) is 48.5. The first-order valence-electron chi connectivity index (χ1n) is 21.9. The van der Waals surface area contributed by atoms with Crippen molar-refractivity contribution in [1.82, 2.24) is 0 Å². The molecule has 11 rings (SSSR count). The van der Waals surface area contributed by atoms with Gasteiger partial charge in [0, 0.05) is 56.1 Å². The van der Waals surface area contributed by atoms with Gasteiger partial charge in [-0.15, -0.1) is 0 Å². The lowest BCUT2D eigenvalue weighted by Gasteiger charge is -2.36. The van der Waals surface area contributed by atoms with Crippen molar-refractivity contribution in [2.24, 2.45) is 0 Å². The van der Waals surface area contributed by atoms with Crippen LogP contribution in [0.3, 0.4) is 0 Å². The molecule has 394 valence electrons. The number of aromatic hydroxyl groups is 14. The van der Waals surface area contributed by atoms with E-state index in [9.17, 15) is 106 Å². The number of aliphatic hydroxyl groups excluding tert-OH is 2. The van der Waals surface area contributed by atoms with Gasteiger partial charge in [0.2, 0.25) is 28.7 Å². The molecule has 0 fully saturated rings. The number of cyclic esters (lactones) is 3. The Kier molecular flexibility index (Phi) is 10.3. The van der Waals surface area contributed by atoms with Crippen LogP contribution in [-0.2, 0) is 25.4 Å². The summed E-state index contributed by atoms with van der Waals surface area (Å²) in [6.45, 7) is -1.55. The number of aliphatic hydroxyl groups is 2. The van der Waals surface area contributed by atoms with Crippen LogP contribution in [0.2, 0.25) is 0 Å². The van der Waals surface area contributed by atoms with Crippen LogP contribution in [-0.4, -0.2) is 143 Å². The van der Waals surface area contributed by atoms with Crippen LogP contribution in [0.25, 0.3) is 66.1 Å². The van der Waals surface area contributed by atoms with Crippen molar-refractivity contribution in [2.45, 2.75) is 36.9 Å². The van der Waals surface area contributed by atoms with Gasteiger partial charge in [0.15, 0.2) is 75.6 Å². The molecule has 8 aromatic rings. The molecule has 16 N–H and O–H groups in total. The maximum absolute atomic E-state index is 15.0. The maximum atomic E-state index is 15.0. The molecule has 28 heteroatoms. The van der Waals surface area contributed by atoms with Crippen molar-refractivity contribution in [1.29, 1.82) is 0 Å². The Hall–Kier alpha value is -10.7. The summed E-state index contributed by atoms with van der Waals surface area (Å²) in [4.78, 5) is 86.1. The van der Waals surface area contributed by atoms with Gasteiger partial charge in [-0.3, -0.25) is 0 Å². The molecule has 5 heterocycles. The minimum Gasteiger partial charge on any atom is -0.504 e. The highest BCUT2D eigenvalue weighted by atomic mass is 16.6. The predicted molar refractivity (Wildman–Crippen MR) is 247 cm³/mol. The zero-order valence-corrected chi connectivity index (χ0v) is 37.7. The number of rotatable bonds is 1. The smallest absolute Gasteiger partial charge is 0.345 e. The molecule has 3 aliphatic heterocycles. The van der Waals surface area contributed by atoms with Crippen molar-refractivity contribution < 1.29 is 129 Å². The summed E-state index contributed by atoms with van der Waals surface area (Å²) < 4.78 is 33.1. The number of phenolic OH excluding ortho intramolecular Hbond substituents is 14. The van der Waals surface area contributed by atoms with E-state index in [4.69, 9.17) is 27.8 Å². The number of hydrogen-bond donors (Lipinski definition) is 16. The second-order valence-corrected chi connectivity index (χ2v) is 17.7. The lowest BCUT2D eigenvalue weighted by Crippen LogP contribution is -2.55. The molecule has 0 amide bonds. The lowest BCUT2D eigenvalue weighted by molar-refractivity contribution is -0.148. The molecule has 0 spiro atoms. The van der Waals surface area contributed by atoms with Gasteiger partial charge in [0.1, 0.15) is 23.9 Å². The molecule has 3 aliphatic rings. The minimum absolute atomic E-state index is 0.307. The van der Waals surface area contributed by atoms with Crippen molar-refractivity contribution in [3.63, 3.8) is 0 Å². The molecule has 0 saturated carbocycles. The number of esters is 4. The second-order valence-electron chi connectivity index (χ2n) is 17.7. The molecule has 5 atom stereocenters. The summed E-state index contributed by atoms with van der Waals surface area (Å²) >= 11 is 0. The van der Waals surface area contributed by atoms with Crippen LogP contribution < -0.4 is 11.3 Å². The quantitative estimate of drug-likeness (QED) is 0.0368. The topological polar surface area (TPSA) is 489 Å². The van der Waals surface area contributed by atoms with E-state index in [0.717, 1.165) is 12.1 Å². The summed E-state index contributed by atoms with van der Waals surface area (Å²) in [5, 5.41) is 177. The molecule has 4 unspecified atom stereocenters. The Morgan fingerprint density at radius 3 is 1.53 bits per heavy atom. The molecule has 0 aliphatic carbocycles. The average molecular weight is 1070 g/mol. The Morgan fingerprint density at radius 1 is 0.377 bits per heavy atom. The van der Waals surface area contributed by atoms with Gasteiger partial charge in [-0.2, -0.15) is 0 Å². The third-order valence-corrected chi connectivity index (χ3v) is 13.5. The standard InChI is InChI=1S/C49H30O28/c50-14-5-11-19(33(59)31(14)57)24-22-10(29(55)38(64)35(24)61)4-16(52)40(75-48(22)70)43(77-46(11)68)41-17(53)7-72-44(66)13-3-9(28(54)37(63)30(13)56)8-1-2-18-23-21(8)47(69)76-42-26(23)27(49(71)73-18)25(36(62)39(42)65)20-12(45(67)74-41)6-15(51)32(58)34(20)60/h1-3,5-6,16-17,40-41,43,50-65H,4,7H2/t16?,17?,40?,41?,43-/m1/s1. The number of hydrogen-bond acceptors (Lipinski definition) is 28. The highest BCUT2D eigenvalue weighted by Gasteiger charge is 2.51. The number of fused-ring (bicyclic) bond motifs is 9. The first-order chi connectivity index (χ1) is 36.3. The molecule has 0 radical (unpaired) electrons. The Morgan fingerprint density at radius 2 is 0.896 bits per heavy atom. The molecule has 0 saturated heterocycles. The fraction of sp³-hybridized carbons (Fsp3) is 0.143. The number of carbonyl (C=O) groups is 4. The zero-order valence-electron chi connectivity index (χ0n) is 37.7. The third-order valence-electron chi connectivity index (χ3n) is 13.5. The highest BCUT2D eigenvalue weighted by Crippen LogP contribution is 2.58. The van der Waals surface area contributed by atoms with Crippen molar-refractivity contribution >= 4 is 56.6 Å². The summed E-state index contributed by atoms with van der Waals surface area (Å²) in [7, 11) is 0. The van der Waals surface area contributed by atoms with Crippen LogP contribution >= 0.6 is 0 Å². The molecular formula is C49H30O28. The molecule has 2 aromatic heterocycles. The molecule has 10 bridgehead atoms. The molecule has 28 nitrogen and oxygen atoms in total. The van der Waals surface area contributed by atoms with E-state index in [0.29, 0.717) is 18.2 Å². The number of phenols is 14. The van der Waals surface area contributed by atoms with Crippen LogP contribution in [0, 0.1) is 0 Å². The Balaban J connectivity index is 1.21. The fourth-order valence-electron chi connectivity index (χ4n) is 9.96. The van der Waals surface area contributed by atoms with Crippen molar-refractivity contribution in [2.75, 3.05) is 6.61 Å². The van der Waals surface area contributed by atoms with Gasteiger partial charge in [0.05, 0.1) is 33.6 Å².